The molecule has 1 aromatic carbocycles. The Morgan fingerprint density at radius 1 is 1.53 bits per heavy atom. The molecule has 0 atom stereocenters. The highest BCUT2D eigenvalue weighted by Crippen LogP contribution is 2.30. The molecule has 1 aliphatic rings. The van der Waals surface area contributed by atoms with Crippen molar-refractivity contribution in [3.63, 3.8) is 0 Å². The first kappa shape index (κ1) is 13.0. The van der Waals surface area contributed by atoms with Gasteiger partial charge >= 0.3 is 0 Å². The third-order valence-electron chi connectivity index (χ3n) is 2.85. The van der Waals surface area contributed by atoms with Gasteiger partial charge in [-0.2, -0.15) is 11.8 Å². The van der Waals surface area contributed by atoms with Crippen molar-refractivity contribution in [2.24, 2.45) is 0 Å². The van der Waals surface area contributed by atoms with Crippen LogP contribution < -0.4 is 11.1 Å². The Balaban J connectivity index is 2.24. The van der Waals surface area contributed by atoms with E-state index < -0.39 is 0 Å². The number of hydrogen-bond donors (Lipinski definition) is 2. The van der Waals surface area contributed by atoms with Gasteiger partial charge in [0.25, 0.3) is 5.91 Å². The van der Waals surface area contributed by atoms with E-state index in [-0.39, 0.29) is 11.4 Å². The topological polar surface area (TPSA) is 55.1 Å². The molecule has 3 N–H and O–H groups in total. The van der Waals surface area contributed by atoms with Crippen molar-refractivity contribution in [1.82, 2.24) is 5.32 Å². The summed E-state index contributed by atoms with van der Waals surface area (Å²) in [6.45, 7) is 3.99. The normalized spacial score (nSPS) is 17.4. The van der Waals surface area contributed by atoms with Crippen molar-refractivity contribution < 1.29 is 4.79 Å². The van der Waals surface area contributed by atoms with Crippen LogP contribution in [-0.4, -0.2) is 23.0 Å². The molecule has 1 fully saturated rings. The first-order chi connectivity index (χ1) is 7.91. The van der Waals surface area contributed by atoms with Crippen molar-refractivity contribution in [2.45, 2.75) is 19.4 Å². The summed E-state index contributed by atoms with van der Waals surface area (Å²) in [6.07, 6.45) is 0. The third-order valence-corrected chi connectivity index (χ3v) is 5.16. The molecule has 1 amide bonds. The maximum absolute atomic E-state index is 12.2. The minimum Gasteiger partial charge on any atom is -0.398 e. The minimum atomic E-state index is -0.0661. The summed E-state index contributed by atoms with van der Waals surface area (Å²) in [5.41, 5.74) is 8.02. The zero-order valence-electron chi connectivity index (χ0n) is 9.84. The van der Waals surface area contributed by atoms with E-state index in [1.54, 1.807) is 0 Å². The molecule has 0 unspecified atom stereocenters. The van der Waals surface area contributed by atoms with Gasteiger partial charge in [0.15, 0.2) is 0 Å². The molecule has 17 heavy (non-hydrogen) atoms. The molecule has 0 aliphatic carbocycles. The van der Waals surface area contributed by atoms with Crippen LogP contribution in [0.1, 0.15) is 22.8 Å². The van der Waals surface area contributed by atoms with Gasteiger partial charge in [-0.25, -0.2) is 0 Å². The Kier molecular flexibility index (Phi) is 3.58. The van der Waals surface area contributed by atoms with E-state index in [0.29, 0.717) is 11.3 Å². The first-order valence-corrected chi connectivity index (χ1v) is 7.60. The van der Waals surface area contributed by atoms with Gasteiger partial charge in [-0.15, -0.1) is 0 Å². The molecule has 1 aliphatic heterocycles. The second-order valence-corrected chi connectivity index (χ2v) is 6.92. The van der Waals surface area contributed by atoms with Gasteiger partial charge in [0.1, 0.15) is 0 Å². The second kappa shape index (κ2) is 4.68. The van der Waals surface area contributed by atoms with Crippen LogP contribution in [0.3, 0.4) is 0 Å². The van der Waals surface area contributed by atoms with Gasteiger partial charge in [0.05, 0.1) is 11.1 Å². The first-order valence-electron chi connectivity index (χ1n) is 5.37. The molecule has 0 saturated carbocycles. The predicted molar refractivity (Wildman–Crippen MR) is 81.5 cm³/mol. The summed E-state index contributed by atoms with van der Waals surface area (Å²) < 4.78 is 1.03. The van der Waals surface area contributed by atoms with E-state index in [4.69, 9.17) is 5.73 Å². The summed E-state index contributed by atoms with van der Waals surface area (Å²) >= 11 is 4.05. The number of aryl methyl sites for hydroxylation is 1. The fraction of sp³-hybridized carbons (Fsp3) is 0.417. The Hall–Kier alpha value is -0.430. The molecule has 92 valence electrons. The summed E-state index contributed by atoms with van der Waals surface area (Å²) in [5, 5.41) is 3.06. The van der Waals surface area contributed by atoms with Crippen LogP contribution in [-0.2, 0) is 0 Å². The number of anilines is 1. The summed E-state index contributed by atoms with van der Waals surface area (Å²) in [4.78, 5) is 12.2. The third kappa shape index (κ3) is 2.70. The molecule has 0 spiro atoms. The highest BCUT2D eigenvalue weighted by atomic mass is 127. The van der Waals surface area contributed by atoms with Crippen LogP contribution in [0, 0.1) is 10.5 Å². The lowest BCUT2D eigenvalue weighted by molar-refractivity contribution is 0.0919. The number of rotatable bonds is 2. The highest BCUT2D eigenvalue weighted by Gasteiger charge is 2.34. The number of carbonyl (C=O) groups excluding carboxylic acids is 1. The predicted octanol–water partition coefficient (Wildman–Crippen LogP) is 2.42. The molecule has 1 heterocycles. The van der Waals surface area contributed by atoms with E-state index in [0.717, 1.165) is 20.6 Å². The maximum atomic E-state index is 12.2. The number of nitrogens with two attached hydrogens (primary N) is 1. The molecule has 3 nitrogen and oxygen atoms in total. The van der Waals surface area contributed by atoms with Crippen LogP contribution in [0.15, 0.2) is 12.1 Å². The lowest BCUT2D eigenvalue weighted by atomic mass is 10.0. The smallest absolute Gasteiger partial charge is 0.253 e. The van der Waals surface area contributed by atoms with Gasteiger partial charge in [-0.3, -0.25) is 4.79 Å². The number of benzene rings is 1. The van der Waals surface area contributed by atoms with Crippen molar-refractivity contribution in [3.8, 4) is 0 Å². The molecule has 5 heteroatoms. The summed E-state index contributed by atoms with van der Waals surface area (Å²) in [6, 6.07) is 3.82. The van der Waals surface area contributed by atoms with Gasteiger partial charge < -0.3 is 11.1 Å². The van der Waals surface area contributed by atoms with Crippen molar-refractivity contribution in [1.29, 1.82) is 0 Å². The van der Waals surface area contributed by atoms with E-state index in [9.17, 15) is 4.79 Å². The van der Waals surface area contributed by atoms with Crippen LogP contribution in [0.2, 0.25) is 0 Å². The number of nitrogens with one attached hydrogen (secondary N) is 1. The molecule has 0 radical (unpaired) electrons. The SMILES string of the molecule is Cc1cc(I)cc(C(=O)NC2(C)CSC2)c1N. The van der Waals surface area contributed by atoms with E-state index in [2.05, 4.69) is 34.8 Å². The number of hydrogen-bond acceptors (Lipinski definition) is 3. The van der Waals surface area contributed by atoms with Crippen LogP contribution >= 0.6 is 34.4 Å². The van der Waals surface area contributed by atoms with Gasteiger partial charge in [0, 0.05) is 20.8 Å². The quantitative estimate of drug-likeness (QED) is 0.628. The van der Waals surface area contributed by atoms with E-state index in [1.807, 2.05) is 30.8 Å². The Bertz CT molecular complexity index is 472. The second-order valence-electron chi connectivity index (χ2n) is 4.69. The number of amides is 1. The van der Waals surface area contributed by atoms with Crippen LogP contribution in [0.4, 0.5) is 5.69 Å². The zero-order valence-corrected chi connectivity index (χ0v) is 12.8. The summed E-state index contributed by atoms with van der Waals surface area (Å²) in [7, 11) is 0. The standard InChI is InChI=1S/C12H15IN2OS/c1-7-3-8(13)4-9(10(7)14)11(16)15-12(2)5-17-6-12/h3-4H,5-6,14H2,1-2H3,(H,15,16). The van der Waals surface area contributed by atoms with Gasteiger partial charge in [-0.05, 0) is 54.1 Å². The fourth-order valence-electron chi connectivity index (χ4n) is 1.76. The molecular formula is C12H15IN2OS. The largest absolute Gasteiger partial charge is 0.398 e. The van der Waals surface area contributed by atoms with Crippen LogP contribution in [0.25, 0.3) is 0 Å². The number of thioether (sulfide) groups is 1. The maximum Gasteiger partial charge on any atom is 0.253 e. The van der Waals surface area contributed by atoms with Gasteiger partial charge in [-0.1, -0.05) is 0 Å². The average molecular weight is 362 g/mol. The molecule has 0 bridgehead atoms. The number of carbonyl (C=O) groups is 1. The number of halogens is 1. The van der Waals surface area contributed by atoms with Crippen LogP contribution in [0.5, 0.6) is 0 Å². The Morgan fingerprint density at radius 3 is 2.71 bits per heavy atom. The summed E-state index contributed by atoms with van der Waals surface area (Å²) in [5.74, 6) is 1.88. The lowest BCUT2D eigenvalue weighted by Gasteiger charge is -2.38. The fourth-order valence-corrected chi connectivity index (χ4v) is 3.50. The Labute approximate surface area is 119 Å². The van der Waals surface area contributed by atoms with E-state index >= 15 is 0 Å². The lowest BCUT2D eigenvalue weighted by Crippen LogP contribution is -2.55. The monoisotopic (exact) mass is 362 g/mol. The van der Waals surface area contributed by atoms with Crippen molar-refractivity contribution in [3.05, 3.63) is 26.8 Å². The molecule has 1 aromatic rings. The van der Waals surface area contributed by atoms with Crippen molar-refractivity contribution in [2.75, 3.05) is 17.2 Å². The minimum absolute atomic E-state index is 0.0630. The highest BCUT2D eigenvalue weighted by molar-refractivity contribution is 14.1. The Morgan fingerprint density at radius 2 is 2.18 bits per heavy atom. The molecule has 2 rings (SSSR count). The van der Waals surface area contributed by atoms with Crippen molar-refractivity contribution >= 4 is 45.9 Å². The molecule has 1 saturated heterocycles. The average Bonchev–Trinajstić information content (AvgIpc) is 2.21. The molecular weight excluding hydrogens is 347 g/mol. The number of nitrogen functional groups attached to an aromatic ring is 1. The van der Waals surface area contributed by atoms with E-state index in [1.165, 1.54) is 0 Å². The zero-order chi connectivity index (χ0) is 12.6. The molecule has 0 aromatic heterocycles. The van der Waals surface area contributed by atoms with Gasteiger partial charge in [0.2, 0.25) is 0 Å².